The van der Waals surface area contributed by atoms with Gasteiger partial charge in [-0.25, -0.2) is 4.39 Å². The molecule has 0 aliphatic rings. The highest BCUT2D eigenvalue weighted by molar-refractivity contribution is 6.20. The highest BCUT2D eigenvalue weighted by atomic mass is 19.1. The number of benzene rings is 4. The Morgan fingerprint density at radius 2 is 1.77 bits per heavy atom. The van der Waals surface area contributed by atoms with E-state index in [-0.39, 0.29) is 6.54 Å². The number of aromatic amines is 1. The largest absolute Gasteiger partial charge is 0.366 e. The lowest BCUT2D eigenvalue weighted by Crippen LogP contribution is -2.30. The highest BCUT2D eigenvalue weighted by Gasteiger charge is 2.20. The molecule has 1 unspecified atom stereocenters. The van der Waals surface area contributed by atoms with Crippen molar-refractivity contribution >= 4 is 51.3 Å². The van der Waals surface area contributed by atoms with Crippen LogP contribution < -0.4 is 27.8 Å². The summed E-state index contributed by atoms with van der Waals surface area (Å²) < 4.78 is 13.3. The van der Waals surface area contributed by atoms with Gasteiger partial charge in [0.05, 0.1) is 11.1 Å². The van der Waals surface area contributed by atoms with Crippen LogP contribution in [0, 0.1) is 5.82 Å². The number of carbonyl (C=O) groups is 3. The van der Waals surface area contributed by atoms with Crippen molar-refractivity contribution in [3.05, 3.63) is 95.3 Å². The van der Waals surface area contributed by atoms with Gasteiger partial charge in [-0.15, -0.1) is 0 Å². The van der Waals surface area contributed by atoms with Gasteiger partial charge in [-0.2, -0.15) is 0 Å². The Morgan fingerprint density at radius 1 is 1.00 bits per heavy atom. The van der Waals surface area contributed by atoms with Crippen LogP contribution in [-0.2, 0) is 11.3 Å². The van der Waals surface area contributed by atoms with Crippen molar-refractivity contribution in [2.45, 2.75) is 12.7 Å². The van der Waals surface area contributed by atoms with Crippen molar-refractivity contribution < 1.29 is 18.8 Å². The fourth-order valence-electron chi connectivity index (χ4n) is 4.73. The number of rotatable bonds is 8. The van der Waals surface area contributed by atoms with Crippen molar-refractivity contribution in [3.63, 3.8) is 0 Å². The molecule has 10 heteroatoms. The molecule has 1 heterocycles. The number of primary amides is 1. The molecule has 196 valence electrons. The Kier molecular flexibility index (Phi) is 6.80. The second-order valence-corrected chi connectivity index (χ2v) is 8.96. The van der Waals surface area contributed by atoms with Crippen LogP contribution in [0.5, 0.6) is 0 Å². The summed E-state index contributed by atoms with van der Waals surface area (Å²) in [5.74, 6) is -1.44. The molecule has 2 amide bonds. The van der Waals surface area contributed by atoms with E-state index in [0.29, 0.717) is 45.4 Å². The molecule has 39 heavy (non-hydrogen) atoms. The molecule has 0 spiro atoms. The zero-order valence-electron chi connectivity index (χ0n) is 20.6. The third-order valence-electron chi connectivity index (χ3n) is 6.52. The van der Waals surface area contributed by atoms with E-state index in [0.717, 1.165) is 21.9 Å². The Bertz CT molecular complexity index is 1750. The van der Waals surface area contributed by atoms with E-state index in [1.807, 2.05) is 12.1 Å². The minimum Gasteiger partial charge on any atom is -0.366 e. The van der Waals surface area contributed by atoms with Crippen LogP contribution >= 0.6 is 0 Å². The summed E-state index contributed by atoms with van der Waals surface area (Å²) in [5, 5.41) is 7.31. The van der Waals surface area contributed by atoms with E-state index in [4.69, 9.17) is 17.2 Å². The second-order valence-electron chi connectivity index (χ2n) is 8.96. The SMILES string of the molecule is NCc1c(NC(=O)c2ccc(F)cc2)cccc1-c1ccc(C(N)=O)c2[nH]c3cc(NC(N)C=O)ccc3c12. The van der Waals surface area contributed by atoms with Crippen molar-refractivity contribution in [3.8, 4) is 11.1 Å². The summed E-state index contributed by atoms with van der Waals surface area (Å²) in [7, 11) is 0. The van der Waals surface area contributed by atoms with Crippen LogP contribution in [0.1, 0.15) is 26.3 Å². The molecule has 1 aromatic heterocycles. The third-order valence-corrected chi connectivity index (χ3v) is 6.52. The molecule has 0 saturated heterocycles. The first-order valence-corrected chi connectivity index (χ1v) is 12.1. The quantitative estimate of drug-likeness (QED) is 0.133. The minimum atomic E-state index is -0.872. The number of amides is 2. The van der Waals surface area contributed by atoms with E-state index in [2.05, 4.69) is 15.6 Å². The molecule has 0 saturated carbocycles. The van der Waals surface area contributed by atoms with Crippen molar-refractivity contribution in [1.82, 2.24) is 4.98 Å². The van der Waals surface area contributed by atoms with Crippen LogP contribution in [0.25, 0.3) is 32.9 Å². The fraction of sp³-hybridized carbons (Fsp3) is 0.0690. The Hall–Kier alpha value is -5.06. The summed E-state index contributed by atoms with van der Waals surface area (Å²) in [6.07, 6.45) is -0.280. The number of halogens is 1. The van der Waals surface area contributed by atoms with Crippen LogP contribution in [0.15, 0.2) is 72.8 Å². The van der Waals surface area contributed by atoms with Crippen molar-refractivity contribution in [2.75, 3.05) is 10.6 Å². The first-order chi connectivity index (χ1) is 18.8. The lowest BCUT2D eigenvalue weighted by Gasteiger charge is -2.16. The third kappa shape index (κ3) is 4.81. The zero-order valence-corrected chi connectivity index (χ0v) is 20.6. The van der Waals surface area contributed by atoms with Crippen LogP contribution in [0.3, 0.4) is 0 Å². The zero-order chi connectivity index (χ0) is 27.7. The van der Waals surface area contributed by atoms with Gasteiger partial charge < -0.3 is 32.8 Å². The lowest BCUT2D eigenvalue weighted by atomic mass is 9.92. The van der Waals surface area contributed by atoms with Crippen LogP contribution in [0.2, 0.25) is 0 Å². The number of nitrogens with one attached hydrogen (secondary N) is 3. The van der Waals surface area contributed by atoms with Crippen LogP contribution in [-0.4, -0.2) is 29.3 Å². The number of nitrogens with two attached hydrogens (primary N) is 3. The summed E-state index contributed by atoms with van der Waals surface area (Å²) >= 11 is 0. The number of aromatic nitrogens is 1. The molecule has 0 aliphatic heterocycles. The monoisotopic (exact) mass is 524 g/mol. The normalized spacial score (nSPS) is 11.9. The van der Waals surface area contributed by atoms with Gasteiger partial charge in [0, 0.05) is 39.8 Å². The number of aldehydes is 1. The highest BCUT2D eigenvalue weighted by Crippen LogP contribution is 2.40. The summed E-state index contributed by atoms with van der Waals surface area (Å²) in [6, 6.07) is 19.5. The molecule has 0 radical (unpaired) electrons. The Balaban J connectivity index is 1.66. The van der Waals surface area contributed by atoms with E-state index in [1.54, 1.807) is 36.4 Å². The van der Waals surface area contributed by atoms with E-state index in [9.17, 15) is 18.8 Å². The Morgan fingerprint density at radius 3 is 2.46 bits per heavy atom. The van der Waals surface area contributed by atoms with Gasteiger partial charge in [-0.05, 0) is 65.2 Å². The Labute approximate surface area is 222 Å². The fourth-order valence-corrected chi connectivity index (χ4v) is 4.73. The number of hydrogen-bond donors (Lipinski definition) is 6. The number of H-pyrrole nitrogens is 1. The second kappa shape index (κ2) is 10.4. The smallest absolute Gasteiger partial charge is 0.255 e. The standard InChI is InChI=1S/C29H25FN6O3/c30-16-6-4-15(5-7-16)29(39)36-23-3-1-2-18(22(23)13-31)19-10-11-21(28(33)38)27-26(19)20-9-8-17(12-24(20)35-27)34-25(32)14-37/h1-12,14,25,34-35H,13,31-32H2,(H2,33,38)(H,36,39). The molecule has 9 N–H and O–H groups in total. The van der Waals surface area contributed by atoms with Gasteiger partial charge in [-0.1, -0.05) is 24.3 Å². The van der Waals surface area contributed by atoms with Gasteiger partial charge in [-0.3, -0.25) is 14.4 Å². The topological polar surface area (TPSA) is 169 Å². The minimum absolute atomic E-state index is 0.105. The summed E-state index contributed by atoms with van der Waals surface area (Å²) in [4.78, 5) is 39.4. The van der Waals surface area contributed by atoms with Crippen LogP contribution in [0.4, 0.5) is 15.8 Å². The first kappa shape index (κ1) is 25.6. The summed E-state index contributed by atoms with van der Waals surface area (Å²) in [6.45, 7) is 0.105. The molecule has 5 rings (SSSR count). The van der Waals surface area contributed by atoms with E-state index in [1.165, 1.54) is 24.3 Å². The molecule has 9 nitrogen and oxygen atoms in total. The van der Waals surface area contributed by atoms with Crippen molar-refractivity contribution in [2.24, 2.45) is 17.2 Å². The molecule has 4 aromatic carbocycles. The lowest BCUT2D eigenvalue weighted by molar-refractivity contribution is -0.108. The molecule has 0 aliphatic carbocycles. The molecule has 0 fully saturated rings. The maximum absolute atomic E-state index is 13.3. The maximum Gasteiger partial charge on any atom is 0.255 e. The van der Waals surface area contributed by atoms with E-state index >= 15 is 0 Å². The number of carbonyl (C=O) groups excluding carboxylic acids is 3. The summed E-state index contributed by atoms with van der Waals surface area (Å²) in [5.41, 5.74) is 22.7. The average Bonchev–Trinajstić information content (AvgIpc) is 3.31. The maximum atomic E-state index is 13.3. The van der Waals surface area contributed by atoms with Gasteiger partial charge in [0.25, 0.3) is 11.8 Å². The molecular formula is C29H25FN6O3. The molecule has 5 aromatic rings. The molecule has 1 atom stereocenters. The van der Waals surface area contributed by atoms with Gasteiger partial charge in [0.1, 0.15) is 12.0 Å². The predicted molar refractivity (Wildman–Crippen MR) is 150 cm³/mol. The number of fused-ring (bicyclic) bond motifs is 3. The molecule has 0 bridgehead atoms. The van der Waals surface area contributed by atoms with Gasteiger partial charge in [0.2, 0.25) is 0 Å². The van der Waals surface area contributed by atoms with Crippen molar-refractivity contribution in [1.29, 1.82) is 0 Å². The average molecular weight is 525 g/mol. The van der Waals surface area contributed by atoms with Gasteiger partial charge in [0.15, 0.2) is 6.29 Å². The van der Waals surface area contributed by atoms with Gasteiger partial charge >= 0.3 is 0 Å². The number of hydrogen-bond acceptors (Lipinski definition) is 6. The first-order valence-electron chi connectivity index (χ1n) is 12.1. The van der Waals surface area contributed by atoms with E-state index < -0.39 is 23.8 Å². The molecular weight excluding hydrogens is 499 g/mol. The predicted octanol–water partition coefficient (Wildman–Crippen LogP) is 3.83. The number of anilines is 2.